The van der Waals surface area contributed by atoms with Gasteiger partial charge >= 0.3 is 0 Å². The first-order valence-corrected chi connectivity index (χ1v) is 8.30. The largest absolute Gasteiger partial charge is 0.353 e. The molecule has 0 aromatic carbocycles. The number of anilines is 1. The zero-order chi connectivity index (χ0) is 16.5. The van der Waals surface area contributed by atoms with Crippen LogP contribution in [0.15, 0.2) is 36.9 Å². The second kappa shape index (κ2) is 6.07. The topological polar surface area (TPSA) is 64.7 Å². The third-order valence-corrected chi connectivity index (χ3v) is 4.46. The quantitative estimate of drug-likeness (QED) is 0.740. The lowest BCUT2D eigenvalue weighted by molar-refractivity contribution is 0.374. The molecule has 0 aliphatic carbocycles. The highest BCUT2D eigenvalue weighted by Crippen LogP contribution is 2.24. The molecule has 7 nitrogen and oxygen atoms in total. The van der Waals surface area contributed by atoms with Crippen LogP contribution in [-0.2, 0) is 0 Å². The SMILES string of the molecule is Cc1cc(C)n(-c2cncc(N3CCCC(n4cccn4)C3)n2)n1. The molecule has 24 heavy (non-hydrogen) atoms. The number of aryl methyl sites for hydroxylation is 2. The molecule has 0 radical (unpaired) electrons. The molecule has 0 bridgehead atoms. The Balaban J connectivity index is 1.60. The van der Waals surface area contributed by atoms with Gasteiger partial charge in [0, 0.05) is 31.2 Å². The van der Waals surface area contributed by atoms with E-state index in [1.54, 1.807) is 6.20 Å². The van der Waals surface area contributed by atoms with Gasteiger partial charge in [0.1, 0.15) is 5.82 Å². The Morgan fingerprint density at radius 1 is 1.17 bits per heavy atom. The molecule has 3 aromatic heterocycles. The normalized spacial score (nSPS) is 18.1. The Hall–Kier alpha value is -2.70. The van der Waals surface area contributed by atoms with E-state index in [1.165, 1.54) is 0 Å². The molecule has 7 heteroatoms. The zero-order valence-electron chi connectivity index (χ0n) is 14.0. The summed E-state index contributed by atoms with van der Waals surface area (Å²) in [6.07, 6.45) is 9.73. The third-order valence-electron chi connectivity index (χ3n) is 4.46. The van der Waals surface area contributed by atoms with E-state index in [4.69, 9.17) is 4.98 Å². The van der Waals surface area contributed by atoms with Crippen molar-refractivity contribution in [1.29, 1.82) is 0 Å². The van der Waals surface area contributed by atoms with Crippen LogP contribution in [-0.4, -0.2) is 42.6 Å². The Bertz CT molecular complexity index is 821. The van der Waals surface area contributed by atoms with Gasteiger partial charge in [-0.1, -0.05) is 0 Å². The molecule has 0 amide bonds. The summed E-state index contributed by atoms with van der Waals surface area (Å²) in [5.41, 5.74) is 2.04. The zero-order valence-corrected chi connectivity index (χ0v) is 14.0. The summed E-state index contributed by atoms with van der Waals surface area (Å²) in [5.74, 6) is 1.66. The molecular formula is C17H21N7. The highest BCUT2D eigenvalue weighted by atomic mass is 15.4. The molecule has 1 atom stereocenters. The minimum absolute atomic E-state index is 0.382. The summed E-state index contributed by atoms with van der Waals surface area (Å²) in [7, 11) is 0. The number of hydrogen-bond acceptors (Lipinski definition) is 5. The van der Waals surface area contributed by atoms with Crippen LogP contribution in [0, 0.1) is 13.8 Å². The molecular weight excluding hydrogens is 302 g/mol. The van der Waals surface area contributed by atoms with E-state index in [2.05, 4.69) is 20.1 Å². The predicted molar refractivity (Wildman–Crippen MR) is 91.3 cm³/mol. The van der Waals surface area contributed by atoms with Gasteiger partial charge in [-0.15, -0.1) is 0 Å². The molecule has 0 spiro atoms. The van der Waals surface area contributed by atoms with Crippen LogP contribution in [0.2, 0.25) is 0 Å². The predicted octanol–water partition coefficient (Wildman–Crippen LogP) is 2.32. The first-order chi connectivity index (χ1) is 11.7. The monoisotopic (exact) mass is 323 g/mol. The first-order valence-electron chi connectivity index (χ1n) is 8.30. The average Bonchev–Trinajstić information content (AvgIpc) is 3.25. The summed E-state index contributed by atoms with van der Waals surface area (Å²) in [6.45, 7) is 5.91. The van der Waals surface area contributed by atoms with E-state index in [-0.39, 0.29) is 0 Å². The standard InChI is InChI=1S/C17H21N7/c1-13-9-14(2)24(21-13)17-11-18-10-16(20-17)22-7-3-5-15(12-22)23-8-4-6-19-23/h4,6,8-11,15H,3,5,7,12H2,1-2H3. The number of piperidine rings is 1. The van der Waals surface area contributed by atoms with Crippen LogP contribution in [0.4, 0.5) is 5.82 Å². The van der Waals surface area contributed by atoms with E-state index >= 15 is 0 Å². The average molecular weight is 323 g/mol. The molecule has 4 rings (SSSR count). The summed E-state index contributed by atoms with van der Waals surface area (Å²) < 4.78 is 3.89. The second-order valence-electron chi connectivity index (χ2n) is 6.30. The summed E-state index contributed by atoms with van der Waals surface area (Å²) in [4.78, 5) is 11.5. The lowest BCUT2D eigenvalue weighted by Gasteiger charge is -2.33. The van der Waals surface area contributed by atoms with E-state index in [0.717, 1.165) is 49.0 Å². The van der Waals surface area contributed by atoms with Gasteiger partial charge < -0.3 is 4.90 Å². The van der Waals surface area contributed by atoms with Crippen LogP contribution in [0.25, 0.3) is 5.82 Å². The molecule has 3 aromatic rings. The minimum atomic E-state index is 0.382. The smallest absolute Gasteiger partial charge is 0.174 e. The molecule has 1 fully saturated rings. The summed E-state index contributed by atoms with van der Waals surface area (Å²) in [5, 5.41) is 8.89. The maximum atomic E-state index is 4.79. The van der Waals surface area contributed by atoms with Gasteiger partial charge in [-0.3, -0.25) is 9.67 Å². The van der Waals surface area contributed by atoms with E-state index in [1.807, 2.05) is 53.9 Å². The Morgan fingerprint density at radius 3 is 2.79 bits per heavy atom. The van der Waals surface area contributed by atoms with E-state index < -0.39 is 0 Å². The number of rotatable bonds is 3. The van der Waals surface area contributed by atoms with Crippen LogP contribution in [0.1, 0.15) is 30.3 Å². The van der Waals surface area contributed by atoms with Crippen molar-refractivity contribution < 1.29 is 0 Å². The highest BCUT2D eigenvalue weighted by molar-refractivity contribution is 5.40. The molecule has 0 saturated carbocycles. The van der Waals surface area contributed by atoms with Crippen molar-refractivity contribution in [3.05, 3.63) is 48.3 Å². The fourth-order valence-electron chi connectivity index (χ4n) is 3.34. The fraction of sp³-hybridized carbons (Fsp3) is 0.412. The van der Waals surface area contributed by atoms with Gasteiger partial charge in [-0.05, 0) is 38.8 Å². The van der Waals surface area contributed by atoms with Gasteiger partial charge in [0.05, 0.1) is 24.1 Å². The molecule has 124 valence electrons. The van der Waals surface area contributed by atoms with Gasteiger partial charge in [0.2, 0.25) is 0 Å². The van der Waals surface area contributed by atoms with Crippen LogP contribution < -0.4 is 4.90 Å². The number of nitrogens with zero attached hydrogens (tertiary/aromatic N) is 7. The number of hydrogen-bond donors (Lipinski definition) is 0. The summed E-state index contributed by atoms with van der Waals surface area (Å²) >= 11 is 0. The van der Waals surface area contributed by atoms with Crippen molar-refractivity contribution in [2.45, 2.75) is 32.7 Å². The second-order valence-corrected chi connectivity index (χ2v) is 6.30. The first kappa shape index (κ1) is 14.9. The van der Waals surface area contributed by atoms with Crippen molar-refractivity contribution in [3.8, 4) is 5.82 Å². The molecule has 1 saturated heterocycles. The Labute approximate surface area is 141 Å². The lowest BCUT2D eigenvalue weighted by Crippen LogP contribution is -2.37. The maximum Gasteiger partial charge on any atom is 0.174 e. The Kier molecular flexibility index (Phi) is 3.76. The highest BCUT2D eigenvalue weighted by Gasteiger charge is 2.23. The van der Waals surface area contributed by atoms with Crippen LogP contribution in [0.5, 0.6) is 0 Å². The molecule has 4 heterocycles. The molecule has 1 aliphatic rings. The van der Waals surface area contributed by atoms with Crippen LogP contribution >= 0.6 is 0 Å². The van der Waals surface area contributed by atoms with Crippen molar-refractivity contribution in [3.63, 3.8) is 0 Å². The maximum absolute atomic E-state index is 4.79. The van der Waals surface area contributed by atoms with Crippen molar-refractivity contribution in [1.82, 2.24) is 29.5 Å². The fourth-order valence-corrected chi connectivity index (χ4v) is 3.34. The van der Waals surface area contributed by atoms with Gasteiger partial charge in [-0.2, -0.15) is 10.2 Å². The molecule has 1 unspecified atom stereocenters. The van der Waals surface area contributed by atoms with Crippen molar-refractivity contribution in [2.24, 2.45) is 0 Å². The lowest BCUT2D eigenvalue weighted by atomic mass is 10.1. The van der Waals surface area contributed by atoms with Crippen molar-refractivity contribution >= 4 is 5.82 Å². The van der Waals surface area contributed by atoms with E-state index in [9.17, 15) is 0 Å². The number of aromatic nitrogens is 6. The van der Waals surface area contributed by atoms with Crippen molar-refractivity contribution in [2.75, 3.05) is 18.0 Å². The summed E-state index contributed by atoms with van der Waals surface area (Å²) in [6, 6.07) is 4.40. The Morgan fingerprint density at radius 2 is 2.04 bits per heavy atom. The van der Waals surface area contributed by atoms with E-state index in [0.29, 0.717) is 6.04 Å². The van der Waals surface area contributed by atoms with Gasteiger partial charge in [0.15, 0.2) is 5.82 Å². The molecule has 1 aliphatic heterocycles. The third kappa shape index (κ3) is 2.77. The molecule has 0 N–H and O–H groups in total. The van der Waals surface area contributed by atoms with Crippen LogP contribution in [0.3, 0.4) is 0 Å². The van der Waals surface area contributed by atoms with Gasteiger partial charge in [0.25, 0.3) is 0 Å². The van der Waals surface area contributed by atoms with Gasteiger partial charge in [-0.25, -0.2) is 9.67 Å². The minimum Gasteiger partial charge on any atom is -0.353 e.